The largest absolute Gasteiger partial charge is 0.192 e. The van der Waals surface area contributed by atoms with Crippen LogP contribution in [0.5, 0.6) is 0 Å². The Balaban J connectivity index is 2.12. The Morgan fingerprint density at radius 2 is 1.23 bits per heavy atom. The summed E-state index contributed by atoms with van der Waals surface area (Å²) in [6.07, 6.45) is 4.67. The molecule has 2 aromatic rings. The zero-order valence-electron chi connectivity index (χ0n) is 16.6. The van der Waals surface area contributed by atoms with Crippen molar-refractivity contribution in [2.75, 3.05) is 12.5 Å². The summed E-state index contributed by atoms with van der Waals surface area (Å²) in [5.74, 6) is 4.19. The highest BCUT2D eigenvalue weighted by Gasteiger charge is 2.26. The molecule has 2 atom stereocenters. The molecule has 0 saturated heterocycles. The maximum absolute atomic E-state index is 9.93. The van der Waals surface area contributed by atoms with Crippen LogP contribution in [0.3, 0.4) is 0 Å². The molecular weight excluding hydrogens is 354 g/mol. The maximum Gasteiger partial charge on any atom is 0.134 e. The Bertz CT molecular complexity index is 771. The first kappa shape index (κ1) is 19.4. The smallest absolute Gasteiger partial charge is 0.134 e. The van der Waals surface area contributed by atoms with Crippen LogP contribution in [-0.4, -0.2) is 12.5 Å². The first-order valence-corrected chi connectivity index (χ1v) is 13.0. The lowest BCUT2D eigenvalue weighted by Gasteiger charge is -2.22. The molecule has 2 heterocycles. The quantitative estimate of drug-likeness (QED) is 0.583. The SMILES string of the molecule is C[S+]1Cc2ccc(cc2)C[S+](C)Cc2cc(C(C)(C)C)cc(c2C#N)C1. The van der Waals surface area contributed by atoms with E-state index in [4.69, 9.17) is 0 Å². The molecule has 26 heavy (non-hydrogen) atoms. The molecule has 0 saturated carbocycles. The molecule has 3 heteroatoms. The van der Waals surface area contributed by atoms with Crippen LogP contribution in [0, 0.1) is 11.3 Å². The second-order valence-corrected chi connectivity index (χ2v) is 12.8. The maximum atomic E-state index is 9.93. The van der Waals surface area contributed by atoms with Gasteiger partial charge in [0.05, 0.1) is 18.1 Å². The third kappa shape index (κ3) is 4.48. The summed E-state index contributed by atoms with van der Waals surface area (Å²) >= 11 is 0. The van der Waals surface area contributed by atoms with Crippen LogP contribution in [0.15, 0.2) is 36.4 Å². The van der Waals surface area contributed by atoms with Crippen LogP contribution in [0.25, 0.3) is 0 Å². The van der Waals surface area contributed by atoms with Crippen molar-refractivity contribution in [2.24, 2.45) is 0 Å². The highest BCUT2D eigenvalue weighted by Crippen LogP contribution is 2.30. The van der Waals surface area contributed by atoms with Crippen molar-refractivity contribution in [2.45, 2.75) is 49.2 Å². The molecule has 0 amide bonds. The van der Waals surface area contributed by atoms with Crippen LogP contribution in [-0.2, 0) is 50.2 Å². The van der Waals surface area contributed by atoms with Crippen molar-refractivity contribution in [1.82, 2.24) is 0 Å². The summed E-state index contributed by atoms with van der Waals surface area (Å²) in [6, 6.07) is 16.4. The summed E-state index contributed by atoms with van der Waals surface area (Å²) < 4.78 is 0. The molecule has 2 aromatic carbocycles. The summed E-state index contributed by atoms with van der Waals surface area (Å²) in [5, 5.41) is 9.93. The van der Waals surface area contributed by atoms with Crippen LogP contribution < -0.4 is 0 Å². The van der Waals surface area contributed by atoms with E-state index in [0.29, 0.717) is 0 Å². The molecule has 4 rings (SSSR count). The Morgan fingerprint density at radius 3 is 1.58 bits per heavy atom. The van der Waals surface area contributed by atoms with E-state index in [2.05, 4.69) is 75.8 Å². The molecule has 0 radical (unpaired) electrons. The van der Waals surface area contributed by atoms with Gasteiger partial charge in [0.1, 0.15) is 29.1 Å². The van der Waals surface area contributed by atoms with E-state index in [1.165, 1.54) is 27.8 Å². The van der Waals surface area contributed by atoms with Gasteiger partial charge in [-0.1, -0.05) is 45.0 Å². The number of benzene rings is 2. The highest BCUT2D eigenvalue weighted by atomic mass is 32.2. The monoisotopic (exact) mass is 383 g/mol. The minimum Gasteiger partial charge on any atom is -0.192 e. The van der Waals surface area contributed by atoms with E-state index in [9.17, 15) is 5.26 Å². The van der Waals surface area contributed by atoms with Crippen molar-refractivity contribution in [1.29, 1.82) is 5.26 Å². The molecule has 4 bridgehead atoms. The van der Waals surface area contributed by atoms with Gasteiger partial charge in [-0.05, 0) is 44.9 Å². The van der Waals surface area contributed by atoms with Gasteiger partial charge >= 0.3 is 0 Å². The molecule has 136 valence electrons. The van der Waals surface area contributed by atoms with Gasteiger partial charge in [0, 0.05) is 22.3 Å². The van der Waals surface area contributed by atoms with Gasteiger partial charge < -0.3 is 0 Å². The van der Waals surface area contributed by atoms with Gasteiger partial charge in [-0.25, -0.2) is 0 Å². The van der Waals surface area contributed by atoms with Crippen molar-refractivity contribution in [3.05, 3.63) is 69.8 Å². The topological polar surface area (TPSA) is 23.8 Å². The molecule has 2 aliphatic rings. The number of hydrogen-bond donors (Lipinski definition) is 0. The summed E-state index contributed by atoms with van der Waals surface area (Å²) in [4.78, 5) is 0. The predicted molar refractivity (Wildman–Crippen MR) is 118 cm³/mol. The normalized spacial score (nSPS) is 20.6. The first-order chi connectivity index (χ1) is 12.3. The molecule has 2 unspecified atom stereocenters. The highest BCUT2D eigenvalue weighted by molar-refractivity contribution is 7.95. The predicted octanol–water partition coefficient (Wildman–Crippen LogP) is 5.07. The molecule has 0 fully saturated rings. The number of rotatable bonds is 0. The van der Waals surface area contributed by atoms with E-state index < -0.39 is 0 Å². The van der Waals surface area contributed by atoms with Crippen molar-refractivity contribution < 1.29 is 0 Å². The number of nitrogens with zero attached hydrogens (tertiary/aromatic N) is 1. The lowest BCUT2D eigenvalue weighted by Crippen LogP contribution is -2.16. The number of nitriles is 1. The average molecular weight is 384 g/mol. The van der Waals surface area contributed by atoms with E-state index >= 15 is 0 Å². The molecular formula is C23H29NS2+2. The average Bonchev–Trinajstić information content (AvgIpc) is 2.55. The van der Waals surface area contributed by atoms with Gasteiger partial charge in [0.15, 0.2) is 0 Å². The van der Waals surface area contributed by atoms with Crippen LogP contribution in [0.1, 0.15) is 54.2 Å². The molecule has 0 aliphatic carbocycles. The Labute approximate surface area is 164 Å². The van der Waals surface area contributed by atoms with E-state index in [1.54, 1.807) is 0 Å². The summed E-state index contributed by atoms with van der Waals surface area (Å²) in [6.45, 7) is 6.81. The molecule has 1 nitrogen and oxygen atoms in total. The van der Waals surface area contributed by atoms with Gasteiger partial charge in [-0.3, -0.25) is 0 Å². The zero-order chi connectivity index (χ0) is 18.9. The fourth-order valence-corrected chi connectivity index (χ4v) is 6.75. The van der Waals surface area contributed by atoms with E-state index in [0.717, 1.165) is 28.6 Å². The lowest BCUT2D eigenvalue weighted by atomic mass is 9.84. The molecule has 0 spiro atoms. The Morgan fingerprint density at radius 1 is 0.808 bits per heavy atom. The van der Waals surface area contributed by atoms with Gasteiger partial charge in [-0.2, -0.15) is 5.26 Å². The third-order valence-electron chi connectivity index (χ3n) is 4.93. The second kappa shape index (κ2) is 7.71. The summed E-state index contributed by atoms with van der Waals surface area (Å²) in [7, 11) is 0.454. The van der Waals surface area contributed by atoms with Crippen LogP contribution in [0.2, 0.25) is 0 Å². The zero-order valence-corrected chi connectivity index (χ0v) is 18.2. The third-order valence-corrected chi connectivity index (χ3v) is 8.19. The van der Waals surface area contributed by atoms with E-state index in [1.807, 2.05) is 0 Å². The first-order valence-electron chi connectivity index (χ1n) is 9.09. The molecule has 0 N–H and O–H groups in total. The molecule has 2 aliphatic heterocycles. The Hall–Kier alpha value is -1.37. The molecule has 0 aromatic heterocycles. The minimum absolute atomic E-state index is 0.107. The van der Waals surface area contributed by atoms with Crippen molar-refractivity contribution in [3.8, 4) is 6.07 Å². The van der Waals surface area contributed by atoms with Crippen LogP contribution in [0.4, 0.5) is 0 Å². The van der Waals surface area contributed by atoms with Crippen molar-refractivity contribution in [3.63, 3.8) is 0 Å². The standard InChI is InChI=1S/C23H29NS2/c1-23(2,3)21-10-19-15-25(4)13-17-6-8-18(9-7-17)14-26(5)16-20(11-21)22(19)12-24/h6-11H,13-16H2,1-5H3/q+2. The van der Waals surface area contributed by atoms with Crippen molar-refractivity contribution >= 4 is 21.8 Å². The second-order valence-electron chi connectivity index (χ2n) is 8.49. The number of hydrogen-bond acceptors (Lipinski definition) is 1. The van der Waals surface area contributed by atoms with Gasteiger partial charge in [0.2, 0.25) is 0 Å². The number of fused-ring (bicyclic) bond motifs is 6. The van der Waals surface area contributed by atoms with Gasteiger partial charge in [0.25, 0.3) is 0 Å². The van der Waals surface area contributed by atoms with Crippen LogP contribution >= 0.6 is 0 Å². The van der Waals surface area contributed by atoms with E-state index in [-0.39, 0.29) is 27.2 Å². The fraction of sp³-hybridized carbons (Fsp3) is 0.435. The Kier molecular flexibility index (Phi) is 5.75. The fourth-order valence-electron chi connectivity index (χ4n) is 3.51. The minimum atomic E-state index is 0.107. The lowest BCUT2D eigenvalue weighted by molar-refractivity contribution is 0.589. The van der Waals surface area contributed by atoms with Gasteiger partial charge in [-0.15, -0.1) is 0 Å². The summed E-state index contributed by atoms with van der Waals surface area (Å²) in [5.41, 5.74) is 7.76.